The lowest BCUT2D eigenvalue weighted by Crippen LogP contribution is -2.01. The first-order valence-electron chi connectivity index (χ1n) is 15.7. The van der Waals surface area contributed by atoms with Crippen LogP contribution < -0.4 is 4.74 Å². The smallest absolute Gasteiger partial charge is 0.135 e. The number of hydrogen-bond donors (Lipinski definition) is 0. The molecule has 0 N–H and O–H groups in total. The van der Waals surface area contributed by atoms with Gasteiger partial charge in [0, 0.05) is 36.7 Å². The zero-order chi connectivity index (χ0) is 30.2. The second kappa shape index (κ2) is 9.90. The summed E-state index contributed by atoms with van der Waals surface area (Å²) in [5.74, 6) is 1.80. The summed E-state index contributed by atoms with van der Waals surface area (Å²) in [6.07, 6.45) is 0. The van der Waals surface area contributed by atoms with Gasteiger partial charge in [-0.2, -0.15) is 0 Å². The van der Waals surface area contributed by atoms with E-state index in [9.17, 15) is 0 Å². The van der Waals surface area contributed by atoms with Crippen LogP contribution in [0.15, 0.2) is 158 Å². The highest BCUT2D eigenvalue weighted by Crippen LogP contribution is 2.54. The Bertz CT molecular complexity index is 2650. The van der Waals surface area contributed by atoms with Gasteiger partial charge in [-0.05, 0) is 92.0 Å². The Morgan fingerprint density at radius 3 is 1.85 bits per heavy atom. The summed E-state index contributed by atoms with van der Waals surface area (Å²) >= 11 is 1.86. The van der Waals surface area contributed by atoms with E-state index in [-0.39, 0.29) is 0 Å². The van der Waals surface area contributed by atoms with Crippen LogP contribution in [-0.2, 0) is 0 Å². The Morgan fingerprint density at radius 2 is 1.00 bits per heavy atom. The average Bonchev–Trinajstić information content (AvgIpc) is 3.50. The first-order chi connectivity index (χ1) is 22.8. The van der Waals surface area contributed by atoms with Crippen molar-refractivity contribution in [3.63, 3.8) is 0 Å². The Balaban J connectivity index is 1.25. The van der Waals surface area contributed by atoms with Gasteiger partial charge in [-0.25, -0.2) is 0 Å². The molecule has 1 aromatic heterocycles. The van der Waals surface area contributed by atoms with E-state index in [1.807, 2.05) is 11.3 Å². The van der Waals surface area contributed by atoms with Crippen molar-refractivity contribution in [1.29, 1.82) is 0 Å². The summed E-state index contributed by atoms with van der Waals surface area (Å²) in [5, 5.41) is 7.51. The van der Waals surface area contributed by atoms with Crippen molar-refractivity contribution < 1.29 is 4.74 Å². The van der Waals surface area contributed by atoms with Gasteiger partial charge in [-0.3, -0.25) is 0 Å². The molecule has 0 aliphatic carbocycles. The zero-order valence-electron chi connectivity index (χ0n) is 24.8. The normalized spacial score (nSPS) is 12.1. The Morgan fingerprint density at radius 1 is 0.348 bits per heavy atom. The number of thiophene rings is 1. The standard InChI is InChI=1S/C44H26OS/c1-3-10-27(11-4-1)31-19-22-35-39(26-31)45-38-16-9-15-33-36-24-29(30-20-23-41-37(25-30)32-14-7-8-17-40(32)46-41)18-21-34(36)42(44(35)43(33)38)28-12-5-2-6-13-28/h1-26H. The largest absolute Gasteiger partial charge is 0.456 e. The monoisotopic (exact) mass is 602 g/mol. The molecule has 0 saturated carbocycles. The molecule has 0 fully saturated rings. The summed E-state index contributed by atoms with van der Waals surface area (Å²) < 4.78 is 9.40. The van der Waals surface area contributed by atoms with E-state index >= 15 is 0 Å². The van der Waals surface area contributed by atoms with E-state index in [1.165, 1.54) is 75.1 Å². The van der Waals surface area contributed by atoms with Crippen LogP contribution in [0.2, 0.25) is 0 Å². The van der Waals surface area contributed by atoms with Gasteiger partial charge in [-0.15, -0.1) is 11.3 Å². The maximum atomic E-state index is 6.75. The van der Waals surface area contributed by atoms with Crippen molar-refractivity contribution in [1.82, 2.24) is 0 Å². The number of benzene rings is 8. The molecular weight excluding hydrogens is 577 g/mol. The van der Waals surface area contributed by atoms with Crippen LogP contribution in [0.3, 0.4) is 0 Å². The van der Waals surface area contributed by atoms with Gasteiger partial charge in [0.1, 0.15) is 11.5 Å². The lowest BCUT2D eigenvalue weighted by Gasteiger charge is -2.26. The van der Waals surface area contributed by atoms with Crippen LogP contribution >= 0.6 is 11.3 Å². The van der Waals surface area contributed by atoms with Crippen LogP contribution in [0.5, 0.6) is 11.5 Å². The summed E-state index contributed by atoms with van der Waals surface area (Å²) in [5.41, 5.74) is 9.60. The van der Waals surface area contributed by atoms with Crippen molar-refractivity contribution in [2.45, 2.75) is 0 Å². The Kier molecular flexibility index (Phi) is 5.51. The summed E-state index contributed by atoms with van der Waals surface area (Å²) in [6.45, 7) is 0. The van der Waals surface area contributed by atoms with Gasteiger partial charge in [0.2, 0.25) is 0 Å². The first-order valence-corrected chi connectivity index (χ1v) is 16.5. The van der Waals surface area contributed by atoms with Crippen molar-refractivity contribution in [3.8, 4) is 56.0 Å². The molecule has 2 heteroatoms. The van der Waals surface area contributed by atoms with Gasteiger partial charge in [-0.1, -0.05) is 115 Å². The zero-order valence-corrected chi connectivity index (χ0v) is 25.6. The van der Waals surface area contributed by atoms with Crippen molar-refractivity contribution >= 4 is 53.1 Å². The minimum Gasteiger partial charge on any atom is -0.456 e. The van der Waals surface area contributed by atoms with Crippen LogP contribution in [0, 0.1) is 0 Å². The van der Waals surface area contributed by atoms with Crippen LogP contribution in [0.1, 0.15) is 0 Å². The fourth-order valence-corrected chi connectivity index (χ4v) is 8.43. The quantitative estimate of drug-likeness (QED) is 0.183. The Hall–Kier alpha value is -5.70. The predicted molar refractivity (Wildman–Crippen MR) is 196 cm³/mol. The van der Waals surface area contributed by atoms with Gasteiger partial charge in [0.15, 0.2) is 0 Å². The fourth-order valence-electron chi connectivity index (χ4n) is 7.34. The SMILES string of the molecule is c1ccc(-c2ccc3c(c2)Oc2cccc4c2c-3c(-c2ccccc2)c2ccc(-c3ccc5sc6ccccc6c5c3)cc24)cc1. The molecule has 8 aromatic carbocycles. The second-order valence-electron chi connectivity index (χ2n) is 12.0. The molecule has 9 aromatic rings. The highest BCUT2D eigenvalue weighted by Gasteiger charge is 2.27. The second-order valence-corrected chi connectivity index (χ2v) is 13.1. The number of ether oxygens (including phenoxy) is 1. The molecule has 0 unspecified atom stereocenters. The Labute approximate surface area is 270 Å². The molecule has 0 bridgehead atoms. The highest BCUT2D eigenvalue weighted by atomic mass is 32.1. The molecular formula is C44H26OS. The molecule has 0 spiro atoms. The average molecular weight is 603 g/mol. The minimum absolute atomic E-state index is 0.894. The molecule has 0 radical (unpaired) electrons. The third-order valence-electron chi connectivity index (χ3n) is 9.46. The third-order valence-corrected chi connectivity index (χ3v) is 10.6. The third kappa shape index (κ3) is 3.81. The molecule has 0 saturated heterocycles. The molecule has 1 aliphatic heterocycles. The summed E-state index contributed by atoms with van der Waals surface area (Å²) in [4.78, 5) is 0. The lowest BCUT2D eigenvalue weighted by atomic mass is 9.82. The molecule has 0 amide bonds. The first kappa shape index (κ1) is 25.6. The van der Waals surface area contributed by atoms with Crippen molar-refractivity contribution in [2.75, 3.05) is 0 Å². The maximum absolute atomic E-state index is 6.75. The molecule has 46 heavy (non-hydrogen) atoms. The molecule has 1 nitrogen and oxygen atoms in total. The lowest BCUT2D eigenvalue weighted by molar-refractivity contribution is 0.487. The number of fused-ring (bicyclic) bond motifs is 7. The van der Waals surface area contributed by atoms with Crippen LogP contribution in [0.4, 0.5) is 0 Å². The predicted octanol–water partition coefficient (Wildman–Crippen LogP) is 13.1. The molecule has 2 heterocycles. The van der Waals surface area contributed by atoms with E-state index in [4.69, 9.17) is 4.74 Å². The topological polar surface area (TPSA) is 9.23 Å². The van der Waals surface area contributed by atoms with Gasteiger partial charge < -0.3 is 4.74 Å². The highest BCUT2D eigenvalue weighted by molar-refractivity contribution is 7.25. The molecule has 214 valence electrons. The summed E-state index contributed by atoms with van der Waals surface area (Å²) in [6, 6.07) is 57.2. The molecule has 0 atom stereocenters. The van der Waals surface area contributed by atoms with Gasteiger partial charge in [0.05, 0.1) is 0 Å². The van der Waals surface area contributed by atoms with E-state index in [1.54, 1.807) is 0 Å². The molecule has 1 aliphatic rings. The maximum Gasteiger partial charge on any atom is 0.135 e. The van der Waals surface area contributed by atoms with Gasteiger partial charge >= 0.3 is 0 Å². The van der Waals surface area contributed by atoms with E-state index < -0.39 is 0 Å². The van der Waals surface area contributed by atoms with Crippen molar-refractivity contribution in [2.24, 2.45) is 0 Å². The van der Waals surface area contributed by atoms with Crippen LogP contribution in [-0.4, -0.2) is 0 Å². The van der Waals surface area contributed by atoms with E-state index in [0.29, 0.717) is 0 Å². The molecule has 10 rings (SSSR count). The fraction of sp³-hybridized carbons (Fsp3) is 0. The minimum atomic E-state index is 0.894. The van der Waals surface area contributed by atoms with Crippen molar-refractivity contribution in [3.05, 3.63) is 158 Å². The van der Waals surface area contributed by atoms with E-state index in [2.05, 4.69) is 158 Å². The van der Waals surface area contributed by atoms with Gasteiger partial charge in [0.25, 0.3) is 0 Å². The number of hydrogen-bond acceptors (Lipinski definition) is 2. The summed E-state index contributed by atoms with van der Waals surface area (Å²) in [7, 11) is 0. The van der Waals surface area contributed by atoms with E-state index in [0.717, 1.165) is 22.6 Å². The van der Waals surface area contributed by atoms with Crippen LogP contribution in [0.25, 0.3) is 86.2 Å². The number of rotatable bonds is 3.